The number of carbonyl (C=O) groups excluding carboxylic acids is 1. The maximum atomic E-state index is 13.2. The molecule has 0 bridgehead atoms. The summed E-state index contributed by atoms with van der Waals surface area (Å²) >= 11 is 1.31. The van der Waals surface area contributed by atoms with E-state index in [0.29, 0.717) is 17.2 Å². The smallest absolute Gasteiger partial charge is 0.286 e. The van der Waals surface area contributed by atoms with Gasteiger partial charge in [0.1, 0.15) is 16.6 Å². The van der Waals surface area contributed by atoms with Crippen LogP contribution in [0.2, 0.25) is 0 Å². The molecule has 7 nitrogen and oxygen atoms in total. The second-order valence-electron chi connectivity index (χ2n) is 7.28. The fourth-order valence-corrected chi connectivity index (χ4v) is 4.28. The van der Waals surface area contributed by atoms with E-state index < -0.39 is 0 Å². The van der Waals surface area contributed by atoms with Gasteiger partial charge in [-0.05, 0) is 55.0 Å². The molecule has 1 aromatic heterocycles. The number of benzene rings is 2. The Kier molecular flexibility index (Phi) is 6.73. The molecular formula is C22H24FN5O2S. The van der Waals surface area contributed by atoms with Gasteiger partial charge in [-0.2, -0.15) is 0 Å². The van der Waals surface area contributed by atoms with Crippen LogP contribution in [0.4, 0.5) is 15.8 Å². The Morgan fingerprint density at radius 3 is 2.58 bits per heavy atom. The molecule has 4 rings (SSSR count). The van der Waals surface area contributed by atoms with Crippen LogP contribution in [-0.2, 0) is 6.54 Å². The number of ether oxygens (including phenoxy) is 1. The summed E-state index contributed by atoms with van der Waals surface area (Å²) in [7, 11) is 1.60. The van der Waals surface area contributed by atoms with E-state index in [2.05, 4.69) is 25.3 Å². The number of anilines is 2. The highest BCUT2D eigenvalue weighted by atomic mass is 32.1. The van der Waals surface area contributed by atoms with E-state index >= 15 is 0 Å². The Labute approximate surface area is 184 Å². The molecule has 0 saturated carbocycles. The van der Waals surface area contributed by atoms with Crippen molar-refractivity contribution in [3.8, 4) is 5.75 Å². The second kappa shape index (κ2) is 9.84. The number of methoxy groups -OCH3 is 1. The van der Waals surface area contributed by atoms with E-state index in [9.17, 15) is 9.18 Å². The molecule has 1 amide bonds. The van der Waals surface area contributed by atoms with Gasteiger partial charge in [-0.1, -0.05) is 11.3 Å². The van der Waals surface area contributed by atoms with E-state index in [1.165, 1.54) is 23.5 Å². The molecule has 1 aliphatic rings. The number of nitrogens with one attached hydrogen (secondary N) is 1. The average molecular weight is 442 g/mol. The van der Waals surface area contributed by atoms with Gasteiger partial charge in [0.2, 0.25) is 5.01 Å². The van der Waals surface area contributed by atoms with Gasteiger partial charge in [0.25, 0.3) is 5.91 Å². The number of hydrogen-bond acceptors (Lipinski definition) is 7. The molecule has 0 aliphatic carbocycles. The third-order valence-corrected chi connectivity index (χ3v) is 6.05. The van der Waals surface area contributed by atoms with E-state index in [4.69, 9.17) is 4.74 Å². The van der Waals surface area contributed by atoms with E-state index in [1.807, 2.05) is 12.1 Å². The predicted molar refractivity (Wildman–Crippen MR) is 119 cm³/mol. The van der Waals surface area contributed by atoms with Crippen molar-refractivity contribution in [2.24, 2.45) is 0 Å². The Morgan fingerprint density at radius 2 is 1.84 bits per heavy atom. The summed E-state index contributed by atoms with van der Waals surface area (Å²) in [6, 6.07) is 13.8. The summed E-state index contributed by atoms with van der Waals surface area (Å²) in [6.45, 7) is 4.24. The molecule has 2 heterocycles. The second-order valence-corrected chi connectivity index (χ2v) is 8.34. The van der Waals surface area contributed by atoms with Gasteiger partial charge in [0.05, 0.1) is 13.7 Å². The van der Waals surface area contributed by atoms with Gasteiger partial charge in [0.15, 0.2) is 0 Å². The normalized spacial score (nSPS) is 14.8. The monoisotopic (exact) mass is 441 g/mol. The Balaban J connectivity index is 1.31. The first-order chi connectivity index (χ1) is 15.1. The quantitative estimate of drug-likeness (QED) is 0.630. The first-order valence-electron chi connectivity index (χ1n) is 10.1. The minimum absolute atomic E-state index is 0.219. The van der Waals surface area contributed by atoms with E-state index in [-0.39, 0.29) is 11.7 Å². The minimum atomic E-state index is -0.271. The Hall–Kier alpha value is -3.04. The maximum Gasteiger partial charge on any atom is 0.286 e. The first kappa shape index (κ1) is 21.2. The van der Waals surface area contributed by atoms with Crippen LogP contribution < -0.4 is 15.0 Å². The maximum absolute atomic E-state index is 13.2. The van der Waals surface area contributed by atoms with Crippen LogP contribution in [0.25, 0.3) is 0 Å². The highest BCUT2D eigenvalue weighted by molar-refractivity contribution is 7.13. The minimum Gasteiger partial charge on any atom is -0.497 e. The van der Waals surface area contributed by atoms with Crippen molar-refractivity contribution in [1.82, 2.24) is 15.1 Å². The zero-order valence-corrected chi connectivity index (χ0v) is 18.1. The van der Waals surface area contributed by atoms with Crippen LogP contribution >= 0.6 is 11.3 Å². The molecule has 162 valence electrons. The van der Waals surface area contributed by atoms with Gasteiger partial charge in [-0.25, -0.2) is 4.39 Å². The molecule has 1 N–H and O–H groups in total. The summed E-state index contributed by atoms with van der Waals surface area (Å²) in [5.41, 5.74) is 1.72. The number of amides is 1. The number of nitrogens with zero attached hydrogens (tertiary/aromatic N) is 4. The van der Waals surface area contributed by atoms with E-state index in [0.717, 1.165) is 49.0 Å². The van der Waals surface area contributed by atoms with Gasteiger partial charge in [-0.3, -0.25) is 9.69 Å². The average Bonchev–Trinajstić information content (AvgIpc) is 3.13. The number of hydrogen-bond donors (Lipinski definition) is 1. The fraction of sp³-hybridized carbons (Fsp3) is 0.318. The van der Waals surface area contributed by atoms with Crippen LogP contribution in [0.3, 0.4) is 0 Å². The Bertz CT molecular complexity index is 1010. The zero-order valence-electron chi connectivity index (χ0n) is 17.3. The van der Waals surface area contributed by atoms with Gasteiger partial charge >= 0.3 is 0 Å². The number of rotatable bonds is 6. The fourth-order valence-electron chi connectivity index (χ4n) is 3.50. The van der Waals surface area contributed by atoms with Crippen molar-refractivity contribution in [3.63, 3.8) is 0 Å². The zero-order chi connectivity index (χ0) is 21.6. The van der Waals surface area contributed by atoms with Crippen LogP contribution in [0, 0.1) is 5.82 Å². The summed E-state index contributed by atoms with van der Waals surface area (Å²) in [4.78, 5) is 17.1. The lowest BCUT2D eigenvalue weighted by atomic mass is 10.2. The number of aromatic nitrogens is 2. The van der Waals surface area contributed by atoms with Crippen LogP contribution in [0.1, 0.15) is 21.2 Å². The van der Waals surface area contributed by atoms with Crippen LogP contribution in [0.15, 0.2) is 48.5 Å². The highest BCUT2D eigenvalue weighted by Gasteiger charge is 2.19. The molecule has 0 spiro atoms. The lowest BCUT2D eigenvalue weighted by Gasteiger charge is -2.23. The molecule has 1 saturated heterocycles. The van der Waals surface area contributed by atoms with Crippen molar-refractivity contribution >= 4 is 28.6 Å². The molecular weight excluding hydrogens is 417 g/mol. The standard InChI is InChI=1S/C22H24FN5O2S/c1-30-19-9-5-17(6-10-19)24-21(29)22-26-25-20(31-22)15-27-11-2-12-28(14-13-27)18-7-3-16(23)4-8-18/h3-10H,2,11-15H2,1H3,(H,24,29). The topological polar surface area (TPSA) is 70.6 Å². The summed E-state index contributed by atoms with van der Waals surface area (Å²) in [5.74, 6) is 0.238. The highest BCUT2D eigenvalue weighted by Crippen LogP contribution is 2.20. The molecule has 3 aromatic rings. The van der Waals surface area contributed by atoms with E-state index in [1.54, 1.807) is 31.4 Å². The largest absolute Gasteiger partial charge is 0.497 e. The number of halogens is 1. The van der Waals surface area contributed by atoms with Crippen molar-refractivity contribution in [2.45, 2.75) is 13.0 Å². The van der Waals surface area contributed by atoms with Gasteiger partial charge in [0, 0.05) is 37.6 Å². The molecule has 1 fully saturated rings. The van der Waals surface area contributed by atoms with Crippen LogP contribution in [0.5, 0.6) is 5.75 Å². The summed E-state index contributed by atoms with van der Waals surface area (Å²) < 4.78 is 18.3. The summed E-state index contributed by atoms with van der Waals surface area (Å²) in [6.07, 6.45) is 1.00. The number of carbonyl (C=O) groups is 1. The molecule has 2 aromatic carbocycles. The summed E-state index contributed by atoms with van der Waals surface area (Å²) in [5, 5.41) is 12.3. The molecule has 1 aliphatic heterocycles. The lowest BCUT2D eigenvalue weighted by molar-refractivity contribution is 0.102. The molecule has 0 atom stereocenters. The molecule has 0 unspecified atom stereocenters. The molecule has 31 heavy (non-hydrogen) atoms. The third-order valence-electron chi connectivity index (χ3n) is 5.15. The van der Waals surface area contributed by atoms with Gasteiger partial charge < -0.3 is 15.0 Å². The Morgan fingerprint density at radius 1 is 1.06 bits per heavy atom. The van der Waals surface area contributed by atoms with Crippen molar-refractivity contribution < 1.29 is 13.9 Å². The first-order valence-corrected chi connectivity index (χ1v) is 10.9. The third kappa shape index (κ3) is 5.56. The SMILES string of the molecule is COc1ccc(NC(=O)c2nnc(CN3CCCN(c4ccc(F)cc4)CC3)s2)cc1. The molecule has 9 heteroatoms. The van der Waals surface area contributed by atoms with Crippen molar-refractivity contribution in [3.05, 3.63) is 64.4 Å². The predicted octanol–water partition coefficient (Wildman–Crippen LogP) is 3.65. The van der Waals surface area contributed by atoms with Crippen molar-refractivity contribution in [2.75, 3.05) is 43.5 Å². The lowest BCUT2D eigenvalue weighted by Crippen LogP contribution is -2.30. The molecule has 0 radical (unpaired) electrons. The van der Waals surface area contributed by atoms with Gasteiger partial charge in [-0.15, -0.1) is 10.2 Å². The van der Waals surface area contributed by atoms with Crippen molar-refractivity contribution in [1.29, 1.82) is 0 Å². The van der Waals surface area contributed by atoms with Crippen LogP contribution in [-0.4, -0.2) is 54.3 Å².